The van der Waals surface area contributed by atoms with Gasteiger partial charge in [0, 0.05) is 12.1 Å². The number of hydrogen-bond donors (Lipinski definition) is 3. The number of amides is 2. The zero-order chi connectivity index (χ0) is 17.6. The van der Waals surface area contributed by atoms with Crippen LogP contribution in [0, 0.1) is 0 Å². The van der Waals surface area contributed by atoms with Crippen LogP contribution in [0.4, 0.5) is 0 Å². The van der Waals surface area contributed by atoms with Crippen molar-refractivity contribution in [2.45, 2.75) is 6.54 Å². The van der Waals surface area contributed by atoms with Gasteiger partial charge in [-0.05, 0) is 29.8 Å². The molecule has 0 radical (unpaired) electrons. The number of carbonyl (C=O) groups is 2. The first-order chi connectivity index (χ1) is 12.2. The Kier molecular flexibility index (Phi) is 4.82. The lowest BCUT2D eigenvalue weighted by Crippen LogP contribution is -2.23. The number of hydrogen-bond acceptors (Lipinski definition) is 5. The molecular formula is C17H15N5O3. The molecule has 126 valence electrons. The van der Waals surface area contributed by atoms with Crippen LogP contribution in [0.3, 0.4) is 0 Å². The second kappa shape index (κ2) is 7.37. The van der Waals surface area contributed by atoms with Crippen LogP contribution >= 0.6 is 0 Å². The maximum Gasteiger partial charge on any atom is 0.274 e. The van der Waals surface area contributed by atoms with Crippen molar-refractivity contribution in [2.24, 2.45) is 0 Å². The van der Waals surface area contributed by atoms with Gasteiger partial charge in [-0.3, -0.25) is 14.8 Å². The number of benzene rings is 2. The molecule has 0 bridgehead atoms. The molecule has 8 heteroatoms. The van der Waals surface area contributed by atoms with E-state index in [0.29, 0.717) is 5.56 Å². The first kappa shape index (κ1) is 16.3. The summed E-state index contributed by atoms with van der Waals surface area (Å²) in [5.41, 5.74) is 3.66. The minimum Gasteiger partial charge on any atom is -0.347 e. The van der Waals surface area contributed by atoms with Gasteiger partial charge in [0.05, 0.1) is 11.9 Å². The van der Waals surface area contributed by atoms with Crippen LogP contribution in [-0.2, 0) is 6.54 Å². The fraction of sp³-hybridized carbons (Fsp3) is 0.0588. The van der Waals surface area contributed by atoms with E-state index >= 15 is 0 Å². The van der Waals surface area contributed by atoms with E-state index in [2.05, 4.69) is 15.5 Å². The van der Waals surface area contributed by atoms with Crippen LogP contribution in [0.2, 0.25) is 0 Å². The average Bonchev–Trinajstić information content (AvgIpc) is 3.17. The first-order valence-corrected chi connectivity index (χ1v) is 7.47. The van der Waals surface area contributed by atoms with E-state index in [4.69, 9.17) is 5.21 Å². The summed E-state index contributed by atoms with van der Waals surface area (Å²) in [6.07, 6.45) is 1.40. The highest BCUT2D eigenvalue weighted by atomic mass is 16.5. The topological polar surface area (TPSA) is 109 Å². The van der Waals surface area contributed by atoms with Crippen LogP contribution in [0.1, 0.15) is 26.4 Å². The minimum absolute atomic E-state index is 0.208. The molecule has 0 spiro atoms. The number of aromatic nitrogens is 3. The van der Waals surface area contributed by atoms with Gasteiger partial charge in [0.1, 0.15) is 0 Å². The highest BCUT2D eigenvalue weighted by Crippen LogP contribution is 2.06. The molecule has 0 aliphatic heterocycles. The minimum atomic E-state index is -0.590. The van der Waals surface area contributed by atoms with Gasteiger partial charge in [-0.25, -0.2) is 5.48 Å². The van der Waals surface area contributed by atoms with E-state index in [1.807, 2.05) is 30.3 Å². The Morgan fingerprint density at radius 3 is 2.40 bits per heavy atom. The fourth-order valence-electron chi connectivity index (χ4n) is 2.16. The summed E-state index contributed by atoms with van der Waals surface area (Å²) in [5.74, 6) is -0.938. The molecule has 0 unspecified atom stereocenters. The number of para-hydroxylation sites is 1. The molecule has 0 saturated carbocycles. The number of rotatable bonds is 5. The molecular weight excluding hydrogens is 322 g/mol. The Morgan fingerprint density at radius 2 is 1.72 bits per heavy atom. The van der Waals surface area contributed by atoms with Crippen molar-refractivity contribution in [1.82, 2.24) is 25.8 Å². The summed E-state index contributed by atoms with van der Waals surface area (Å²) in [7, 11) is 0. The van der Waals surface area contributed by atoms with E-state index in [9.17, 15) is 9.59 Å². The first-order valence-electron chi connectivity index (χ1n) is 7.47. The van der Waals surface area contributed by atoms with Crippen molar-refractivity contribution < 1.29 is 14.8 Å². The SMILES string of the molecule is O=C(NO)c1ccc(CNC(=O)c2cnn(-c3ccccc3)n2)cc1. The summed E-state index contributed by atoms with van der Waals surface area (Å²) < 4.78 is 0. The number of hydroxylamine groups is 1. The number of nitrogens with one attached hydrogen (secondary N) is 2. The van der Waals surface area contributed by atoms with E-state index in [-0.39, 0.29) is 18.1 Å². The Labute approximate surface area is 143 Å². The molecule has 8 nitrogen and oxygen atoms in total. The van der Waals surface area contributed by atoms with E-state index in [1.54, 1.807) is 29.7 Å². The second-order valence-corrected chi connectivity index (χ2v) is 5.18. The second-order valence-electron chi connectivity index (χ2n) is 5.18. The van der Waals surface area contributed by atoms with Crippen molar-refractivity contribution >= 4 is 11.8 Å². The normalized spacial score (nSPS) is 10.3. The van der Waals surface area contributed by atoms with E-state index < -0.39 is 5.91 Å². The quantitative estimate of drug-likeness (QED) is 0.480. The molecule has 0 atom stereocenters. The standard InChI is InChI=1S/C17H15N5O3/c23-16(21-25)13-8-6-12(7-9-13)10-18-17(24)15-11-19-22(20-15)14-4-2-1-3-5-14/h1-9,11,25H,10H2,(H,18,24)(H,21,23). The van der Waals surface area contributed by atoms with Gasteiger partial charge in [0.2, 0.25) is 0 Å². The zero-order valence-corrected chi connectivity index (χ0v) is 13.1. The van der Waals surface area contributed by atoms with Crippen LogP contribution in [0.25, 0.3) is 5.69 Å². The molecule has 1 heterocycles. The molecule has 1 aromatic heterocycles. The monoisotopic (exact) mass is 337 g/mol. The fourth-order valence-corrected chi connectivity index (χ4v) is 2.16. The van der Waals surface area contributed by atoms with Gasteiger partial charge >= 0.3 is 0 Å². The lowest BCUT2D eigenvalue weighted by Gasteiger charge is -2.04. The van der Waals surface area contributed by atoms with Crippen molar-refractivity contribution in [3.63, 3.8) is 0 Å². The molecule has 25 heavy (non-hydrogen) atoms. The molecule has 0 aliphatic carbocycles. The predicted octanol–water partition coefficient (Wildman–Crippen LogP) is 1.32. The van der Waals surface area contributed by atoms with E-state index in [1.165, 1.54) is 11.0 Å². The molecule has 2 aromatic carbocycles. The maximum absolute atomic E-state index is 12.2. The molecule has 0 saturated heterocycles. The summed E-state index contributed by atoms with van der Waals surface area (Å²) in [6.45, 7) is 0.276. The van der Waals surface area contributed by atoms with Crippen molar-refractivity contribution in [1.29, 1.82) is 0 Å². The third-order valence-electron chi connectivity index (χ3n) is 3.48. The third-order valence-corrected chi connectivity index (χ3v) is 3.48. The van der Waals surface area contributed by atoms with Crippen LogP contribution in [0.5, 0.6) is 0 Å². The molecule has 0 aliphatic rings. The molecule has 2 amide bonds. The summed E-state index contributed by atoms with van der Waals surface area (Å²) in [6, 6.07) is 15.8. The smallest absolute Gasteiger partial charge is 0.274 e. The highest BCUT2D eigenvalue weighted by molar-refractivity contribution is 5.93. The Balaban J connectivity index is 1.61. The number of nitrogens with zero attached hydrogens (tertiary/aromatic N) is 3. The zero-order valence-electron chi connectivity index (χ0n) is 13.1. The van der Waals surface area contributed by atoms with Crippen molar-refractivity contribution in [2.75, 3.05) is 0 Å². The Morgan fingerprint density at radius 1 is 1.00 bits per heavy atom. The molecule has 3 N–H and O–H groups in total. The molecule has 0 fully saturated rings. The Bertz CT molecular complexity index is 875. The largest absolute Gasteiger partial charge is 0.347 e. The number of carbonyl (C=O) groups excluding carboxylic acids is 2. The molecule has 3 aromatic rings. The lowest BCUT2D eigenvalue weighted by atomic mass is 10.1. The van der Waals surface area contributed by atoms with Gasteiger partial charge in [-0.1, -0.05) is 30.3 Å². The summed E-state index contributed by atoms with van der Waals surface area (Å²) >= 11 is 0. The van der Waals surface area contributed by atoms with Gasteiger partial charge in [-0.15, -0.1) is 5.10 Å². The Hall–Kier alpha value is -3.52. The van der Waals surface area contributed by atoms with Gasteiger partial charge in [-0.2, -0.15) is 9.90 Å². The summed E-state index contributed by atoms with van der Waals surface area (Å²) in [4.78, 5) is 24.8. The van der Waals surface area contributed by atoms with Crippen LogP contribution in [0.15, 0.2) is 60.8 Å². The molecule has 3 rings (SSSR count). The van der Waals surface area contributed by atoms with Crippen LogP contribution < -0.4 is 10.8 Å². The maximum atomic E-state index is 12.2. The van der Waals surface area contributed by atoms with Gasteiger partial charge in [0.25, 0.3) is 11.8 Å². The van der Waals surface area contributed by atoms with Crippen LogP contribution in [-0.4, -0.2) is 32.0 Å². The summed E-state index contributed by atoms with van der Waals surface area (Å²) in [5, 5.41) is 19.5. The van der Waals surface area contributed by atoms with Gasteiger partial charge in [0.15, 0.2) is 5.69 Å². The van der Waals surface area contributed by atoms with E-state index in [0.717, 1.165) is 11.3 Å². The highest BCUT2D eigenvalue weighted by Gasteiger charge is 2.11. The third kappa shape index (κ3) is 3.88. The van der Waals surface area contributed by atoms with Gasteiger partial charge < -0.3 is 5.32 Å². The predicted molar refractivity (Wildman–Crippen MR) is 88.2 cm³/mol. The van der Waals surface area contributed by atoms with Crippen molar-refractivity contribution in [3.05, 3.63) is 77.6 Å². The van der Waals surface area contributed by atoms with Crippen molar-refractivity contribution in [3.8, 4) is 5.69 Å². The lowest BCUT2D eigenvalue weighted by molar-refractivity contribution is 0.0706. The average molecular weight is 337 g/mol.